The molecule has 2 aromatic rings. The molecule has 0 aromatic heterocycles. The van der Waals surface area contributed by atoms with E-state index in [0.29, 0.717) is 17.9 Å². The normalized spacial score (nSPS) is 16.1. The number of hydrogen-bond donors (Lipinski definition) is 1. The van der Waals surface area contributed by atoms with Crippen LogP contribution in [0.5, 0.6) is 0 Å². The van der Waals surface area contributed by atoms with Gasteiger partial charge in [-0.1, -0.05) is 52.5 Å². The Balaban J connectivity index is 1.84. The first-order valence-electron chi connectivity index (χ1n) is 11.2. The standard InChI is InChI=1S/C25H20Cl4F6N2O2/c1-23(31,32)15(13-8-17(27)20(29)18(28)9-13)10-19(30)12-3-4-14(16(26)7-12)21(38)36-24(5-6-24)22(39)37(2)11-25(33,34)35/h3-4,7-10,15H,5-6,11H2,1-2H3,(H,36,38)/b19-10-. The third kappa shape index (κ3) is 7.54. The van der Waals surface area contributed by atoms with Crippen LogP contribution in [0.15, 0.2) is 36.4 Å². The highest BCUT2D eigenvalue weighted by Gasteiger charge is 2.53. The largest absolute Gasteiger partial charge is 0.406 e. The number of likely N-dealkylation sites (N-methyl/N-ethyl adjacent to an activating group) is 1. The van der Waals surface area contributed by atoms with Gasteiger partial charge in [-0.15, -0.1) is 0 Å². The highest BCUT2D eigenvalue weighted by Crippen LogP contribution is 2.42. The molecule has 0 aliphatic heterocycles. The second-order valence-corrected chi connectivity index (χ2v) is 10.9. The Hall–Kier alpha value is -2.14. The summed E-state index contributed by atoms with van der Waals surface area (Å²) in [7, 11) is 0.970. The maximum Gasteiger partial charge on any atom is 0.406 e. The van der Waals surface area contributed by atoms with Gasteiger partial charge in [-0.3, -0.25) is 9.59 Å². The predicted octanol–water partition coefficient (Wildman–Crippen LogP) is 8.33. The van der Waals surface area contributed by atoms with E-state index in [1.165, 1.54) is 0 Å². The minimum atomic E-state index is -4.62. The first kappa shape index (κ1) is 31.4. The van der Waals surface area contributed by atoms with Gasteiger partial charge in [-0.2, -0.15) is 13.2 Å². The molecule has 39 heavy (non-hydrogen) atoms. The Kier molecular flexibility index (Phi) is 9.17. The van der Waals surface area contributed by atoms with Gasteiger partial charge in [0.2, 0.25) is 5.91 Å². The Morgan fingerprint density at radius 2 is 1.59 bits per heavy atom. The Morgan fingerprint density at radius 3 is 2.05 bits per heavy atom. The van der Waals surface area contributed by atoms with Gasteiger partial charge in [0, 0.05) is 19.5 Å². The summed E-state index contributed by atoms with van der Waals surface area (Å²) in [5, 5.41) is 1.87. The molecule has 1 N–H and O–H groups in total. The number of hydrogen-bond acceptors (Lipinski definition) is 2. The molecule has 0 heterocycles. The Labute approximate surface area is 239 Å². The molecule has 1 fully saturated rings. The van der Waals surface area contributed by atoms with Crippen LogP contribution in [0.25, 0.3) is 5.83 Å². The average Bonchev–Trinajstić information content (AvgIpc) is 3.58. The van der Waals surface area contributed by atoms with Crippen LogP contribution in [0, 0.1) is 0 Å². The van der Waals surface area contributed by atoms with E-state index in [4.69, 9.17) is 46.4 Å². The van der Waals surface area contributed by atoms with Crippen LogP contribution < -0.4 is 5.32 Å². The molecular weight excluding hydrogens is 616 g/mol. The number of carbonyl (C=O) groups excluding carboxylic acids is 2. The van der Waals surface area contributed by atoms with Gasteiger partial charge in [0.25, 0.3) is 11.8 Å². The minimum absolute atomic E-state index is 0.0491. The van der Waals surface area contributed by atoms with Crippen LogP contribution in [-0.4, -0.2) is 47.9 Å². The van der Waals surface area contributed by atoms with Crippen molar-refractivity contribution in [2.45, 2.75) is 43.3 Å². The molecule has 0 spiro atoms. The second kappa shape index (κ2) is 11.4. The van der Waals surface area contributed by atoms with Crippen LogP contribution in [0.1, 0.15) is 47.2 Å². The maximum absolute atomic E-state index is 15.1. The van der Waals surface area contributed by atoms with E-state index in [0.717, 1.165) is 37.4 Å². The fourth-order valence-electron chi connectivity index (χ4n) is 3.89. The molecule has 3 rings (SSSR count). The number of halogens is 10. The average molecular weight is 636 g/mol. The number of rotatable bonds is 8. The number of nitrogens with one attached hydrogen (secondary N) is 1. The molecule has 2 aromatic carbocycles. The topological polar surface area (TPSA) is 49.4 Å². The number of carbonyl (C=O) groups is 2. The maximum atomic E-state index is 15.1. The number of nitrogens with zero attached hydrogens (tertiary/aromatic N) is 1. The summed E-state index contributed by atoms with van der Waals surface area (Å²) in [5.41, 5.74) is -2.04. The van der Waals surface area contributed by atoms with E-state index in [1.807, 2.05) is 0 Å². The summed E-state index contributed by atoms with van der Waals surface area (Å²) < 4.78 is 82.0. The van der Waals surface area contributed by atoms with E-state index < -0.39 is 47.7 Å². The van der Waals surface area contributed by atoms with Crippen molar-refractivity contribution in [3.8, 4) is 0 Å². The first-order chi connectivity index (χ1) is 17.8. The van der Waals surface area contributed by atoms with Crippen molar-refractivity contribution >= 4 is 64.0 Å². The minimum Gasteiger partial charge on any atom is -0.338 e. The smallest absolute Gasteiger partial charge is 0.338 e. The second-order valence-electron chi connectivity index (χ2n) is 9.25. The third-order valence-corrected chi connectivity index (χ3v) is 7.50. The zero-order valence-electron chi connectivity index (χ0n) is 20.2. The number of benzene rings is 2. The van der Waals surface area contributed by atoms with Crippen LogP contribution in [0.3, 0.4) is 0 Å². The molecule has 1 unspecified atom stereocenters. The van der Waals surface area contributed by atoms with Crippen LogP contribution in [0.4, 0.5) is 26.3 Å². The summed E-state index contributed by atoms with van der Waals surface area (Å²) in [6.07, 6.45) is -3.72. The van der Waals surface area contributed by atoms with Crippen molar-refractivity contribution in [2.75, 3.05) is 13.6 Å². The highest BCUT2D eigenvalue weighted by atomic mass is 35.5. The molecule has 1 aliphatic carbocycles. The van der Waals surface area contributed by atoms with Gasteiger partial charge in [0.05, 0.1) is 31.6 Å². The highest BCUT2D eigenvalue weighted by molar-refractivity contribution is 6.48. The van der Waals surface area contributed by atoms with Crippen LogP contribution >= 0.6 is 46.4 Å². The summed E-state index contributed by atoms with van der Waals surface area (Å²) >= 11 is 23.9. The van der Waals surface area contributed by atoms with E-state index in [1.54, 1.807) is 0 Å². The van der Waals surface area contributed by atoms with E-state index >= 15 is 4.39 Å². The zero-order valence-corrected chi connectivity index (χ0v) is 23.2. The van der Waals surface area contributed by atoms with Crippen molar-refractivity contribution < 1.29 is 35.9 Å². The number of amides is 2. The number of alkyl halides is 5. The fourth-order valence-corrected chi connectivity index (χ4v) is 4.77. The summed E-state index contributed by atoms with van der Waals surface area (Å²) in [5.74, 6) is -8.14. The van der Waals surface area contributed by atoms with Gasteiger partial charge in [-0.25, -0.2) is 13.2 Å². The van der Waals surface area contributed by atoms with Crippen molar-refractivity contribution in [2.24, 2.45) is 0 Å². The van der Waals surface area contributed by atoms with Gasteiger partial charge in [0.1, 0.15) is 17.9 Å². The molecule has 0 saturated heterocycles. The molecule has 0 radical (unpaired) electrons. The lowest BCUT2D eigenvalue weighted by molar-refractivity contribution is -0.160. The molecule has 4 nitrogen and oxygen atoms in total. The van der Waals surface area contributed by atoms with E-state index in [2.05, 4.69) is 5.32 Å². The van der Waals surface area contributed by atoms with E-state index in [-0.39, 0.29) is 49.6 Å². The summed E-state index contributed by atoms with van der Waals surface area (Å²) in [6, 6.07) is 5.52. The molecule has 1 atom stereocenters. The predicted molar refractivity (Wildman–Crippen MR) is 138 cm³/mol. The van der Waals surface area contributed by atoms with Crippen molar-refractivity contribution in [1.29, 1.82) is 0 Å². The van der Waals surface area contributed by atoms with Gasteiger partial charge < -0.3 is 10.2 Å². The molecule has 1 aliphatic rings. The molecule has 2 amide bonds. The molecular formula is C25H20Cl4F6N2O2. The summed E-state index contributed by atoms with van der Waals surface area (Å²) in [4.78, 5) is 25.7. The van der Waals surface area contributed by atoms with E-state index in [9.17, 15) is 31.5 Å². The lowest BCUT2D eigenvalue weighted by Gasteiger charge is -2.25. The summed E-state index contributed by atoms with van der Waals surface area (Å²) in [6.45, 7) is -0.907. The van der Waals surface area contributed by atoms with Crippen LogP contribution in [-0.2, 0) is 4.79 Å². The molecule has 212 valence electrons. The van der Waals surface area contributed by atoms with Gasteiger partial charge in [-0.05, 0) is 48.7 Å². The Bertz CT molecular complexity index is 1300. The quantitative estimate of drug-likeness (QED) is 0.234. The van der Waals surface area contributed by atoms with Gasteiger partial charge in [0.15, 0.2) is 0 Å². The Morgan fingerprint density at radius 1 is 1.03 bits per heavy atom. The fraction of sp³-hybridized carbons (Fsp3) is 0.360. The molecule has 0 bridgehead atoms. The first-order valence-corrected chi connectivity index (χ1v) is 12.7. The van der Waals surface area contributed by atoms with Crippen molar-refractivity contribution in [3.63, 3.8) is 0 Å². The lowest BCUT2D eigenvalue weighted by atomic mass is 9.92. The monoisotopic (exact) mass is 634 g/mol. The SMILES string of the molecule is CN(CC(F)(F)F)C(=O)C1(NC(=O)c2ccc(/C(F)=C/C(c3cc(Cl)c(Cl)c(Cl)c3)C(C)(F)F)cc2Cl)CC1. The zero-order chi connectivity index (χ0) is 29.5. The van der Waals surface area contributed by atoms with Crippen molar-refractivity contribution in [1.82, 2.24) is 10.2 Å². The molecule has 1 saturated carbocycles. The lowest BCUT2D eigenvalue weighted by Crippen LogP contribution is -2.51. The van der Waals surface area contributed by atoms with Crippen LogP contribution in [0.2, 0.25) is 20.1 Å². The third-order valence-electron chi connectivity index (χ3n) is 5.99. The van der Waals surface area contributed by atoms with Crippen molar-refractivity contribution in [3.05, 3.63) is 73.2 Å². The number of allylic oxidation sites excluding steroid dienone is 1. The molecule has 14 heteroatoms. The van der Waals surface area contributed by atoms with Gasteiger partial charge >= 0.3 is 6.18 Å².